The first kappa shape index (κ1) is 30.0. The number of carbonyl (C=O) groups excluding carboxylic acids is 2. The fourth-order valence-corrected chi connectivity index (χ4v) is 5.90. The van der Waals surface area contributed by atoms with Crippen molar-refractivity contribution in [2.24, 2.45) is 11.7 Å². The molecule has 3 N–H and O–H groups in total. The number of Topliss-reactive ketones (excluding diaryl/α,β-unsaturated/α-hetero) is 1. The largest absolute Gasteiger partial charge is 0.398 e. The number of ether oxygens (including phenoxy) is 1. The van der Waals surface area contributed by atoms with Crippen LogP contribution < -0.4 is 11.1 Å². The number of nitrogens with one attached hydrogen (secondary N) is 1. The number of rotatable bonds is 11. The molecule has 3 aromatic rings. The van der Waals surface area contributed by atoms with Crippen molar-refractivity contribution in [3.05, 3.63) is 113 Å². The minimum absolute atomic E-state index is 0.0468. The average molecular weight is 580 g/mol. The number of hydrogen-bond acceptors (Lipinski definition) is 6. The van der Waals surface area contributed by atoms with Crippen LogP contribution in [-0.4, -0.2) is 57.5 Å². The molecule has 10 heteroatoms. The molecule has 2 atom stereocenters. The van der Waals surface area contributed by atoms with Crippen molar-refractivity contribution in [3.63, 3.8) is 0 Å². The lowest BCUT2D eigenvalue weighted by Gasteiger charge is -2.30. The van der Waals surface area contributed by atoms with E-state index in [1.165, 1.54) is 24.3 Å². The molecule has 4 rings (SSSR count). The number of allylic oxidation sites excluding steroid dienone is 1. The van der Waals surface area contributed by atoms with E-state index in [1.54, 1.807) is 11.0 Å². The number of nitrogens with two attached hydrogens (primary N) is 1. The molecule has 3 aromatic carbocycles. The fraction of sp³-hybridized carbons (Fsp3) is 0.290. The smallest absolute Gasteiger partial charge is 0.318 e. The lowest BCUT2D eigenvalue weighted by Crippen LogP contribution is -2.53. The Balaban J connectivity index is 1.70. The molecule has 1 heterocycles. The predicted molar refractivity (Wildman–Crippen MR) is 154 cm³/mol. The third-order valence-corrected chi connectivity index (χ3v) is 8.62. The molecule has 1 fully saturated rings. The molecule has 0 spiro atoms. The highest BCUT2D eigenvalue weighted by Crippen LogP contribution is 2.28. The maximum absolute atomic E-state index is 15.7. The monoisotopic (exact) mass is 579 g/mol. The third kappa shape index (κ3) is 7.80. The number of morpholine rings is 1. The lowest BCUT2D eigenvalue weighted by atomic mass is 9.87. The highest BCUT2D eigenvalue weighted by molar-refractivity contribution is 7.95. The summed E-state index contributed by atoms with van der Waals surface area (Å²) in [5, 5.41) is 1.25. The number of ketones is 1. The summed E-state index contributed by atoms with van der Waals surface area (Å²) in [4.78, 5) is 28.6. The number of hydrogen-bond donors (Lipinski definition) is 2. The SMILES string of the molecule is NC(=C(F)S(=O)(=O)c1ccccc1)C(CCc1ccccc1)C(=O)C(Cc1ccccc1)NC(=O)N1CCOCC1. The maximum Gasteiger partial charge on any atom is 0.318 e. The minimum Gasteiger partial charge on any atom is -0.398 e. The number of nitrogens with zero attached hydrogens (tertiary/aromatic N) is 1. The Hall–Kier alpha value is -4.02. The van der Waals surface area contributed by atoms with Crippen molar-refractivity contribution in [3.8, 4) is 0 Å². The maximum atomic E-state index is 15.7. The molecule has 216 valence electrons. The van der Waals surface area contributed by atoms with E-state index in [4.69, 9.17) is 10.5 Å². The van der Waals surface area contributed by atoms with Crippen LogP contribution in [0, 0.1) is 5.92 Å². The molecule has 2 amide bonds. The second-order valence-corrected chi connectivity index (χ2v) is 11.7. The van der Waals surface area contributed by atoms with Crippen LogP contribution in [0.1, 0.15) is 17.5 Å². The molecule has 0 aliphatic carbocycles. The number of sulfone groups is 1. The van der Waals surface area contributed by atoms with Crippen LogP contribution in [0.15, 0.2) is 107 Å². The van der Waals surface area contributed by atoms with Crippen LogP contribution in [0.5, 0.6) is 0 Å². The zero-order valence-electron chi connectivity index (χ0n) is 22.6. The molecule has 0 radical (unpaired) electrons. The van der Waals surface area contributed by atoms with Crippen molar-refractivity contribution < 1.29 is 27.1 Å². The second-order valence-electron chi connectivity index (χ2n) is 9.82. The average Bonchev–Trinajstić information content (AvgIpc) is 3.02. The zero-order chi connectivity index (χ0) is 29.2. The summed E-state index contributed by atoms with van der Waals surface area (Å²) in [5.74, 6) is -1.88. The fourth-order valence-electron chi connectivity index (χ4n) is 4.72. The van der Waals surface area contributed by atoms with E-state index in [2.05, 4.69) is 5.32 Å². The van der Waals surface area contributed by atoms with Crippen molar-refractivity contribution in [1.29, 1.82) is 0 Å². The standard InChI is InChI=1S/C31H34FN3O5S/c32-30(41(38,39)25-14-8-3-9-15-25)28(33)26(17-16-23-10-4-1-5-11-23)29(36)27(22-24-12-6-2-7-13-24)34-31(37)35-18-20-40-21-19-35/h1-15,26-27H,16-22,33H2,(H,34,37). The van der Waals surface area contributed by atoms with Crippen molar-refractivity contribution in [2.45, 2.75) is 30.2 Å². The van der Waals surface area contributed by atoms with Crippen LogP contribution >= 0.6 is 0 Å². The van der Waals surface area contributed by atoms with Gasteiger partial charge >= 0.3 is 6.03 Å². The number of halogens is 1. The van der Waals surface area contributed by atoms with Gasteiger partial charge in [-0.15, -0.1) is 0 Å². The van der Waals surface area contributed by atoms with Gasteiger partial charge in [0.25, 0.3) is 0 Å². The highest BCUT2D eigenvalue weighted by atomic mass is 32.2. The van der Waals surface area contributed by atoms with E-state index >= 15 is 4.39 Å². The summed E-state index contributed by atoms with van der Waals surface area (Å²) in [6.07, 6.45) is 0.509. The third-order valence-electron chi connectivity index (χ3n) is 7.02. The molecule has 0 bridgehead atoms. The quantitative estimate of drug-likeness (QED) is 0.354. The van der Waals surface area contributed by atoms with Crippen LogP contribution in [0.2, 0.25) is 0 Å². The summed E-state index contributed by atoms with van der Waals surface area (Å²) >= 11 is 0. The number of aryl methyl sites for hydroxylation is 1. The Morgan fingerprint density at radius 1 is 0.878 bits per heavy atom. The Bertz CT molecular complexity index is 1440. The molecule has 8 nitrogen and oxygen atoms in total. The molecule has 1 aliphatic heterocycles. The Labute approximate surface area is 239 Å². The normalized spacial score (nSPS) is 15.9. The lowest BCUT2D eigenvalue weighted by molar-refractivity contribution is -0.123. The van der Waals surface area contributed by atoms with E-state index < -0.39 is 44.5 Å². The minimum atomic E-state index is -4.60. The first-order valence-corrected chi connectivity index (χ1v) is 15.0. The summed E-state index contributed by atoms with van der Waals surface area (Å²) < 4.78 is 47.3. The topological polar surface area (TPSA) is 119 Å². The Kier molecular flexibility index (Phi) is 10.3. The highest BCUT2D eigenvalue weighted by Gasteiger charge is 2.35. The van der Waals surface area contributed by atoms with Crippen molar-refractivity contribution >= 4 is 21.7 Å². The van der Waals surface area contributed by atoms with E-state index in [-0.39, 0.29) is 17.7 Å². The summed E-state index contributed by atoms with van der Waals surface area (Å²) in [6.45, 7) is 1.48. The number of carbonyl (C=O) groups is 2. The Morgan fingerprint density at radius 3 is 2.00 bits per heavy atom. The first-order chi connectivity index (χ1) is 19.8. The van der Waals surface area contributed by atoms with Crippen molar-refractivity contribution in [1.82, 2.24) is 10.2 Å². The van der Waals surface area contributed by atoms with E-state index in [1.807, 2.05) is 60.7 Å². The van der Waals surface area contributed by atoms with Gasteiger partial charge in [0, 0.05) is 13.1 Å². The van der Waals surface area contributed by atoms with Gasteiger partial charge in [-0.05, 0) is 42.5 Å². The second kappa shape index (κ2) is 14.0. The molecule has 1 saturated heterocycles. The van der Waals surface area contributed by atoms with Gasteiger partial charge in [0.2, 0.25) is 15.0 Å². The van der Waals surface area contributed by atoms with E-state index in [0.29, 0.717) is 32.7 Å². The number of urea groups is 1. The zero-order valence-corrected chi connectivity index (χ0v) is 23.4. The number of amides is 2. The van der Waals surface area contributed by atoms with Crippen LogP contribution in [0.3, 0.4) is 0 Å². The van der Waals surface area contributed by atoms with Gasteiger partial charge in [-0.1, -0.05) is 78.9 Å². The van der Waals surface area contributed by atoms with Gasteiger partial charge < -0.3 is 20.7 Å². The summed E-state index contributed by atoms with van der Waals surface area (Å²) in [5.41, 5.74) is 7.20. The van der Waals surface area contributed by atoms with Gasteiger partial charge in [-0.2, -0.15) is 4.39 Å². The van der Waals surface area contributed by atoms with Gasteiger partial charge in [-0.25, -0.2) is 13.2 Å². The molecule has 0 saturated carbocycles. The molecular formula is C31H34FN3O5S. The summed E-state index contributed by atoms with van der Waals surface area (Å²) in [7, 11) is -4.60. The molecule has 1 aliphatic rings. The predicted octanol–water partition coefficient (Wildman–Crippen LogP) is 4.03. The van der Waals surface area contributed by atoms with Crippen molar-refractivity contribution in [2.75, 3.05) is 26.3 Å². The van der Waals surface area contributed by atoms with Gasteiger partial charge in [0.1, 0.15) is 0 Å². The van der Waals surface area contributed by atoms with Crippen LogP contribution in [-0.2, 0) is 32.2 Å². The molecule has 2 unspecified atom stereocenters. The van der Waals surface area contributed by atoms with E-state index in [9.17, 15) is 18.0 Å². The van der Waals surface area contributed by atoms with E-state index in [0.717, 1.165) is 11.1 Å². The molecular weight excluding hydrogens is 545 g/mol. The van der Waals surface area contributed by atoms with Crippen LogP contribution in [0.25, 0.3) is 0 Å². The van der Waals surface area contributed by atoms with Crippen LogP contribution in [0.4, 0.5) is 9.18 Å². The Morgan fingerprint density at radius 2 is 1.41 bits per heavy atom. The summed E-state index contributed by atoms with van der Waals surface area (Å²) in [6, 6.07) is 23.9. The first-order valence-electron chi connectivity index (χ1n) is 13.5. The van der Waals surface area contributed by atoms with Gasteiger partial charge in [-0.3, -0.25) is 4.79 Å². The molecule has 41 heavy (non-hydrogen) atoms. The number of benzene rings is 3. The van der Waals surface area contributed by atoms with Gasteiger partial charge in [0.15, 0.2) is 5.78 Å². The molecule has 0 aromatic heterocycles. The van der Waals surface area contributed by atoms with Gasteiger partial charge in [0.05, 0.1) is 35.8 Å².